The van der Waals surface area contributed by atoms with E-state index in [0.29, 0.717) is 0 Å². The predicted molar refractivity (Wildman–Crippen MR) is 86.1 cm³/mol. The number of halogens is 1. The Hall–Kier alpha value is -1.69. The molecule has 0 radical (unpaired) electrons. The highest BCUT2D eigenvalue weighted by molar-refractivity contribution is 9.12. The van der Waals surface area contributed by atoms with Crippen LogP contribution in [0.15, 0.2) is 57.6 Å². The van der Waals surface area contributed by atoms with Gasteiger partial charge in [-0.15, -0.1) is 0 Å². The molecule has 1 heterocycles. The third-order valence-corrected chi connectivity index (χ3v) is 4.45. The van der Waals surface area contributed by atoms with Crippen LogP contribution in [-0.2, 0) is 0 Å². The molecule has 1 atom stereocenters. The number of hydrazine groups is 1. The minimum absolute atomic E-state index is 0.565. The molecule has 1 aliphatic heterocycles. The number of aliphatic imine (C=N–C) groups is 1. The van der Waals surface area contributed by atoms with Crippen molar-refractivity contribution in [3.63, 3.8) is 0 Å². The third kappa shape index (κ3) is 2.04. The fraction of sp³-hybridized carbons (Fsp3) is 0.133. The monoisotopic (exact) mass is 330 g/mol. The summed E-state index contributed by atoms with van der Waals surface area (Å²) in [6, 6.07) is 14.4. The maximum atomic E-state index is 5.96. The molecular weight excluding hydrogens is 316 g/mol. The maximum absolute atomic E-state index is 5.96. The Morgan fingerprint density at radius 1 is 1.15 bits per heavy atom. The van der Waals surface area contributed by atoms with E-state index in [2.05, 4.69) is 45.2 Å². The highest BCUT2D eigenvalue weighted by Gasteiger charge is 2.24. The zero-order chi connectivity index (χ0) is 14.3. The highest BCUT2D eigenvalue weighted by Crippen LogP contribution is 2.29. The maximum Gasteiger partial charge on any atom is 0.187 e. The van der Waals surface area contributed by atoms with Crippen LogP contribution in [0.2, 0.25) is 0 Å². The van der Waals surface area contributed by atoms with E-state index in [1.165, 1.54) is 10.4 Å². The molecule has 0 saturated heterocycles. The Morgan fingerprint density at radius 2 is 1.85 bits per heavy atom. The van der Waals surface area contributed by atoms with Gasteiger partial charge in [-0.05, 0) is 33.6 Å². The van der Waals surface area contributed by atoms with Gasteiger partial charge in [0.05, 0.1) is 10.2 Å². The van der Waals surface area contributed by atoms with Crippen LogP contribution in [0.5, 0.6) is 0 Å². The molecule has 0 fully saturated rings. The van der Waals surface area contributed by atoms with Crippen molar-refractivity contribution < 1.29 is 0 Å². The van der Waals surface area contributed by atoms with Crippen molar-refractivity contribution in [2.75, 3.05) is 0 Å². The predicted octanol–water partition coefficient (Wildman–Crippen LogP) is 2.69. The van der Waals surface area contributed by atoms with Gasteiger partial charge in [0.25, 0.3) is 0 Å². The molecule has 0 bridgehead atoms. The number of rotatable bonds is 1. The summed E-state index contributed by atoms with van der Waals surface area (Å²) in [5.74, 6) is 5.88. The SMILES string of the molecule is CC1=C(Br)C(c2cccc3ccccc23)=NC(N)N1N. The highest BCUT2D eigenvalue weighted by atomic mass is 79.9. The van der Waals surface area contributed by atoms with Crippen molar-refractivity contribution >= 4 is 32.4 Å². The minimum atomic E-state index is -0.565. The Labute approximate surface area is 125 Å². The third-order valence-electron chi connectivity index (χ3n) is 3.50. The van der Waals surface area contributed by atoms with Crippen LogP contribution in [0.25, 0.3) is 10.8 Å². The molecule has 20 heavy (non-hydrogen) atoms. The normalized spacial score (nSPS) is 19.5. The lowest BCUT2D eigenvalue weighted by molar-refractivity contribution is 0.268. The van der Waals surface area contributed by atoms with E-state index in [0.717, 1.165) is 26.8 Å². The molecule has 1 aliphatic rings. The Kier molecular flexibility index (Phi) is 3.33. The lowest BCUT2D eigenvalue weighted by Gasteiger charge is -2.30. The van der Waals surface area contributed by atoms with Gasteiger partial charge < -0.3 is 0 Å². The molecule has 0 aliphatic carbocycles. The van der Waals surface area contributed by atoms with Gasteiger partial charge in [-0.3, -0.25) is 10.7 Å². The Balaban J connectivity index is 2.24. The van der Waals surface area contributed by atoms with Crippen LogP contribution in [-0.4, -0.2) is 17.0 Å². The Bertz CT molecular complexity index is 730. The van der Waals surface area contributed by atoms with E-state index in [9.17, 15) is 0 Å². The van der Waals surface area contributed by atoms with Crippen LogP contribution in [0, 0.1) is 0 Å². The average molecular weight is 331 g/mol. The van der Waals surface area contributed by atoms with E-state index < -0.39 is 6.29 Å². The van der Waals surface area contributed by atoms with Gasteiger partial charge in [0, 0.05) is 11.3 Å². The fourth-order valence-corrected chi connectivity index (χ4v) is 2.87. The summed E-state index contributed by atoms with van der Waals surface area (Å²) < 4.78 is 0.873. The second kappa shape index (κ2) is 5.01. The summed E-state index contributed by atoms with van der Waals surface area (Å²) in [5.41, 5.74) is 8.73. The first-order valence-electron chi connectivity index (χ1n) is 6.32. The molecule has 0 aromatic heterocycles. The molecular formula is C15H15BrN4. The molecule has 2 aromatic carbocycles. The zero-order valence-electron chi connectivity index (χ0n) is 11.0. The molecule has 102 valence electrons. The first kappa shape index (κ1) is 13.3. The number of allylic oxidation sites excluding steroid dienone is 2. The summed E-state index contributed by atoms with van der Waals surface area (Å²) in [5, 5.41) is 3.78. The zero-order valence-corrected chi connectivity index (χ0v) is 12.6. The van der Waals surface area contributed by atoms with Gasteiger partial charge >= 0.3 is 0 Å². The van der Waals surface area contributed by atoms with E-state index >= 15 is 0 Å². The summed E-state index contributed by atoms with van der Waals surface area (Å²) in [4.78, 5) is 4.51. The summed E-state index contributed by atoms with van der Waals surface area (Å²) >= 11 is 3.58. The largest absolute Gasteiger partial charge is 0.291 e. The van der Waals surface area contributed by atoms with Gasteiger partial charge in [0.1, 0.15) is 0 Å². The van der Waals surface area contributed by atoms with Gasteiger partial charge in [0.2, 0.25) is 0 Å². The quantitative estimate of drug-likeness (QED) is 0.790. The van der Waals surface area contributed by atoms with E-state index in [-0.39, 0.29) is 0 Å². The molecule has 4 N–H and O–H groups in total. The molecule has 0 amide bonds. The van der Waals surface area contributed by atoms with Gasteiger partial charge in [0.15, 0.2) is 6.29 Å². The molecule has 2 aromatic rings. The lowest BCUT2D eigenvalue weighted by atomic mass is 9.99. The first-order chi connectivity index (χ1) is 9.59. The molecule has 0 saturated carbocycles. The van der Waals surface area contributed by atoms with Gasteiger partial charge in [-0.25, -0.2) is 10.8 Å². The second-order valence-corrected chi connectivity index (χ2v) is 5.52. The number of hydrogen-bond donors (Lipinski definition) is 2. The average Bonchev–Trinajstić information content (AvgIpc) is 2.48. The number of hydrogen-bond acceptors (Lipinski definition) is 4. The summed E-state index contributed by atoms with van der Waals surface area (Å²) in [6.07, 6.45) is -0.565. The van der Waals surface area contributed by atoms with Gasteiger partial charge in [-0.2, -0.15) is 0 Å². The van der Waals surface area contributed by atoms with Crippen LogP contribution in [0.4, 0.5) is 0 Å². The topological polar surface area (TPSA) is 67.6 Å². The number of benzene rings is 2. The molecule has 4 nitrogen and oxygen atoms in total. The smallest absolute Gasteiger partial charge is 0.187 e. The molecule has 3 rings (SSSR count). The minimum Gasteiger partial charge on any atom is -0.291 e. The van der Waals surface area contributed by atoms with Crippen LogP contribution in [0.3, 0.4) is 0 Å². The van der Waals surface area contributed by atoms with Crippen molar-refractivity contribution in [1.29, 1.82) is 0 Å². The van der Waals surface area contributed by atoms with E-state index in [1.54, 1.807) is 0 Å². The van der Waals surface area contributed by atoms with Crippen LogP contribution >= 0.6 is 15.9 Å². The summed E-state index contributed by atoms with van der Waals surface area (Å²) in [6.45, 7) is 1.92. The van der Waals surface area contributed by atoms with E-state index in [4.69, 9.17) is 11.6 Å². The van der Waals surface area contributed by atoms with Crippen molar-refractivity contribution in [1.82, 2.24) is 5.01 Å². The first-order valence-corrected chi connectivity index (χ1v) is 7.11. The second-order valence-electron chi connectivity index (χ2n) is 4.72. The lowest BCUT2D eigenvalue weighted by Crippen LogP contribution is -2.47. The van der Waals surface area contributed by atoms with Crippen molar-refractivity contribution in [2.24, 2.45) is 16.6 Å². The van der Waals surface area contributed by atoms with Crippen LogP contribution < -0.4 is 11.6 Å². The number of nitrogens with zero attached hydrogens (tertiary/aromatic N) is 2. The molecule has 0 spiro atoms. The van der Waals surface area contributed by atoms with Crippen LogP contribution in [0.1, 0.15) is 12.5 Å². The van der Waals surface area contributed by atoms with Crippen molar-refractivity contribution in [3.8, 4) is 0 Å². The number of fused-ring (bicyclic) bond motifs is 1. The molecule has 5 heteroatoms. The standard InChI is InChI=1S/C15H15BrN4/c1-9-13(16)14(19-15(17)20(9)18)12-8-4-6-10-5-2-3-7-11(10)12/h2-8,15H,17-18H2,1H3. The summed E-state index contributed by atoms with van der Waals surface area (Å²) in [7, 11) is 0. The van der Waals surface area contributed by atoms with Crippen molar-refractivity contribution in [2.45, 2.75) is 13.2 Å². The fourth-order valence-electron chi connectivity index (χ4n) is 2.35. The van der Waals surface area contributed by atoms with Gasteiger partial charge in [-0.1, -0.05) is 42.5 Å². The number of nitrogens with two attached hydrogens (primary N) is 2. The Morgan fingerprint density at radius 3 is 2.65 bits per heavy atom. The van der Waals surface area contributed by atoms with E-state index in [1.807, 2.05) is 25.1 Å². The van der Waals surface area contributed by atoms with Crippen molar-refractivity contribution in [3.05, 3.63) is 58.2 Å². The molecule has 1 unspecified atom stereocenters.